The molecule has 0 aliphatic carbocycles. The SMILES string of the molecule is O=C(O)CNC(=O)Cc1cscn1. The first kappa shape index (κ1) is 9.66. The molecule has 0 aliphatic heterocycles. The number of hydrogen-bond acceptors (Lipinski definition) is 4. The van der Waals surface area contributed by atoms with E-state index >= 15 is 0 Å². The number of nitrogens with zero attached hydrogens (tertiary/aromatic N) is 1. The number of carboxylic acid groups (broad SMARTS) is 1. The lowest BCUT2D eigenvalue weighted by atomic mass is 10.3. The lowest BCUT2D eigenvalue weighted by molar-refractivity contribution is -0.137. The summed E-state index contributed by atoms with van der Waals surface area (Å²) in [5.74, 6) is -1.38. The fraction of sp³-hybridized carbons (Fsp3) is 0.286. The predicted molar refractivity (Wildman–Crippen MR) is 46.5 cm³/mol. The Labute approximate surface area is 78.4 Å². The molecule has 2 N–H and O–H groups in total. The lowest BCUT2D eigenvalue weighted by Crippen LogP contribution is -2.30. The van der Waals surface area contributed by atoms with Gasteiger partial charge in [0.2, 0.25) is 5.91 Å². The van der Waals surface area contributed by atoms with E-state index in [9.17, 15) is 9.59 Å². The summed E-state index contributed by atoms with van der Waals surface area (Å²) in [5, 5.41) is 12.3. The van der Waals surface area contributed by atoms with E-state index in [2.05, 4.69) is 10.3 Å². The summed E-state index contributed by atoms with van der Waals surface area (Å²) in [7, 11) is 0. The number of carbonyl (C=O) groups is 2. The zero-order valence-electron chi connectivity index (χ0n) is 6.69. The Bertz CT molecular complexity index is 297. The first-order chi connectivity index (χ1) is 6.18. The van der Waals surface area contributed by atoms with Crippen molar-refractivity contribution in [1.82, 2.24) is 10.3 Å². The van der Waals surface area contributed by atoms with E-state index < -0.39 is 5.97 Å². The molecule has 70 valence electrons. The number of hydrogen-bond donors (Lipinski definition) is 2. The number of aliphatic carboxylic acids is 1. The summed E-state index contributed by atoms with van der Waals surface area (Å²) < 4.78 is 0. The van der Waals surface area contributed by atoms with Gasteiger partial charge >= 0.3 is 5.97 Å². The van der Waals surface area contributed by atoms with Crippen LogP contribution in [0.4, 0.5) is 0 Å². The molecule has 1 heterocycles. The number of amides is 1. The van der Waals surface area contributed by atoms with Crippen molar-refractivity contribution < 1.29 is 14.7 Å². The summed E-state index contributed by atoms with van der Waals surface area (Å²) >= 11 is 1.40. The minimum Gasteiger partial charge on any atom is -0.480 e. The maximum Gasteiger partial charge on any atom is 0.322 e. The number of carboxylic acids is 1. The third kappa shape index (κ3) is 3.66. The van der Waals surface area contributed by atoms with E-state index in [0.717, 1.165) is 0 Å². The molecule has 0 saturated carbocycles. The smallest absolute Gasteiger partial charge is 0.322 e. The van der Waals surface area contributed by atoms with E-state index in [0.29, 0.717) is 5.69 Å². The maximum absolute atomic E-state index is 11.0. The Morgan fingerprint density at radius 2 is 2.38 bits per heavy atom. The molecule has 0 bridgehead atoms. The molecular weight excluding hydrogens is 192 g/mol. The number of thiazole rings is 1. The molecule has 0 unspecified atom stereocenters. The Balaban J connectivity index is 2.30. The minimum absolute atomic E-state index is 0.136. The molecule has 1 amide bonds. The van der Waals surface area contributed by atoms with Gasteiger partial charge in [0.05, 0.1) is 17.6 Å². The molecule has 1 aromatic heterocycles. The van der Waals surface area contributed by atoms with Gasteiger partial charge in [0, 0.05) is 5.38 Å². The van der Waals surface area contributed by atoms with Gasteiger partial charge < -0.3 is 10.4 Å². The highest BCUT2D eigenvalue weighted by atomic mass is 32.1. The van der Waals surface area contributed by atoms with Crippen molar-refractivity contribution in [2.45, 2.75) is 6.42 Å². The average molecular weight is 200 g/mol. The fourth-order valence-corrected chi connectivity index (χ4v) is 1.28. The molecule has 6 heteroatoms. The molecule has 0 aliphatic rings. The van der Waals surface area contributed by atoms with Crippen LogP contribution in [0.2, 0.25) is 0 Å². The Hall–Kier alpha value is -1.43. The first-order valence-electron chi connectivity index (χ1n) is 3.54. The van der Waals surface area contributed by atoms with Gasteiger partial charge in [-0.25, -0.2) is 4.98 Å². The molecule has 13 heavy (non-hydrogen) atoms. The first-order valence-corrected chi connectivity index (χ1v) is 4.48. The summed E-state index contributed by atoms with van der Waals surface area (Å²) in [4.78, 5) is 25.0. The van der Waals surface area contributed by atoms with Crippen molar-refractivity contribution in [1.29, 1.82) is 0 Å². The maximum atomic E-state index is 11.0. The molecule has 0 fully saturated rings. The number of nitrogens with one attached hydrogen (secondary N) is 1. The van der Waals surface area contributed by atoms with Gasteiger partial charge in [-0.3, -0.25) is 9.59 Å². The average Bonchev–Trinajstić information content (AvgIpc) is 2.53. The van der Waals surface area contributed by atoms with Crippen LogP contribution in [0.3, 0.4) is 0 Å². The van der Waals surface area contributed by atoms with Crippen molar-refractivity contribution in [3.63, 3.8) is 0 Å². The predicted octanol–water partition coefficient (Wildman–Crippen LogP) is -0.114. The molecule has 5 nitrogen and oxygen atoms in total. The zero-order chi connectivity index (χ0) is 9.68. The molecule has 0 atom stereocenters. The van der Waals surface area contributed by atoms with Crippen LogP contribution in [0.5, 0.6) is 0 Å². The van der Waals surface area contributed by atoms with Gasteiger partial charge in [-0.2, -0.15) is 0 Å². The van der Waals surface area contributed by atoms with Crippen LogP contribution < -0.4 is 5.32 Å². The Morgan fingerprint density at radius 1 is 1.62 bits per heavy atom. The van der Waals surface area contributed by atoms with Crippen LogP contribution in [-0.2, 0) is 16.0 Å². The van der Waals surface area contributed by atoms with E-state index in [4.69, 9.17) is 5.11 Å². The van der Waals surface area contributed by atoms with Crippen LogP contribution in [-0.4, -0.2) is 28.5 Å². The zero-order valence-corrected chi connectivity index (χ0v) is 7.50. The second-order valence-corrected chi connectivity index (χ2v) is 3.05. The highest BCUT2D eigenvalue weighted by Gasteiger charge is 2.05. The highest BCUT2D eigenvalue weighted by Crippen LogP contribution is 2.00. The number of aromatic nitrogens is 1. The second kappa shape index (κ2) is 4.56. The number of rotatable bonds is 4. The van der Waals surface area contributed by atoms with Crippen molar-refractivity contribution >= 4 is 23.2 Å². The van der Waals surface area contributed by atoms with E-state index in [1.54, 1.807) is 10.9 Å². The van der Waals surface area contributed by atoms with E-state index in [1.807, 2.05) is 0 Å². The summed E-state index contributed by atoms with van der Waals surface area (Å²) in [5.41, 5.74) is 2.28. The van der Waals surface area contributed by atoms with Crippen LogP contribution in [0.1, 0.15) is 5.69 Å². The van der Waals surface area contributed by atoms with Gasteiger partial charge in [-0.05, 0) is 0 Å². The molecule has 0 saturated heterocycles. The Morgan fingerprint density at radius 3 is 2.92 bits per heavy atom. The monoisotopic (exact) mass is 200 g/mol. The second-order valence-electron chi connectivity index (χ2n) is 2.33. The van der Waals surface area contributed by atoms with Crippen molar-refractivity contribution in [2.24, 2.45) is 0 Å². The Kier molecular flexibility index (Phi) is 3.39. The quantitative estimate of drug-likeness (QED) is 0.710. The van der Waals surface area contributed by atoms with Crippen molar-refractivity contribution in [3.05, 3.63) is 16.6 Å². The van der Waals surface area contributed by atoms with Crippen molar-refractivity contribution in [2.75, 3.05) is 6.54 Å². The van der Waals surface area contributed by atoms with E-state index in [1.165, 1.54) is 11.3 Å². The molecule has 0 spiro atoms. The summed E-state index contributed by atoms with van der Waals surface area (Å²) in [6, 6.07) is 0. The molecule has 0 aromatic carbocycles. The third-order valence-corrected chi connectivity index (χ3v) is 1.90. The van der Waals surface area contributed by atoms with Gasteiger partial charge in [0.15, 0.2) is 0 Å². The number of carbonyl (C=O) groups excluding carboxylic acids is 1. The highest BCUT2D eigenvalue weighted by molar-refractivity contribution is 7.07. The van der Waals surface area contributed by atoms with Crippen molar-refractivity contribution in [3.8, 4) is 0 Å². The summed E-state index contributed by atoms with van der Waals surface area (Å²) in [6.45, 7) is -0.344. The van der Waals surface area contributed by atoms with Gasteiger partial charge in [0.25, 0.3) is 0 Å². The van der Waals surface area contributed by atoms with Crippen LogP contribution in [0, 0.1) is 0 Å². The van der Waals surface area contributed by atoms with E-state index in [-0.39, 0.29) is 18.9 Å². The molecule has 0 radical (unpaired) electrons. The topological polar surface area (TPSA) is 79.3 Å². The summed E-state index contributed by atoms with van der Waals surface area (Å²) in [6.07, 6.45) is 0.136. The molecular formula is C7H8N2O3S. The van der Waals surface area contributed by atoms with Crippen LogP contribution >= 0.6 is 11.3 Å². The van der Waals surface area contributed by atoms with Gasteiger partial charge in [0.1, 0.15) is 6.54 Å². The van der Waals surface area contributed by atoms with Gasteiger partial charge in [-0.1, -0.05) is 0 Å². The molecule has 1 rings (SSSR count). The third-order valence-electron chi connectivity index (χ3n) is 1.26. The molecule has 1 aromatic rings. The van der Waals surface area contributed by atoms with Gasteiger partial charge in [-0.15, -0.1) is 11.3 Å². The van der Waals surface area contributed by atoms with Crippen LogP contribution in [0.25, 0.3) is 0 Å². The lowest BCUT2D eigenvalue weighted by Gasteiger charge is -1.98. The normalized spacial score (nSPS) is 9.54. The largest absolute Gasteiger partial charge is 0.480 e. The fourth-order valence-electron chi connectivity index (χ4n) is 0.726. The standard InChI is InChI=1S/C7H8N2O3S/c10-6(8-2-7(11)12)1-5-3-13-4-9-5/h3-4H,1-2H2,(H,8,10)(H,11,12). The minimum atomic E-state index is -1.05. The van der Waals surface area contributed by atoms with Crippen LogP contribution in [0.15, 0.2) is 10.9 Å².